The zero-order valence-electron chi connectivity index (χ0n) is 14.5. The van der Waals surface area contributed by atoms with Crippen molar-refractivity contribution in [3.8, 4) is 0 Å². The summed E-state index contributed by atoms with van der Waals surface area (Å²) in [6, 6.07) is 17.9. The van der Waals surface area contributed by atoms with Crippen molar-refractivity contribution >= 4 is 12.1 Å². The molecule has 0 aliphatic rings. The van der Waals surface area contributed by atoms with Gasteiger partial charge in [0, 0.05) is 6.54 Å². The standard InChI is InChI=1S/C20H24N2O2/c1-20(2,3)18-11-9-17(10-12-18)14-22-24-15-19(23)21-13-16-7-5-4-6-8-16/h4-12,14H,13,15H2,1-3H3,(H,21,23)/b22-14+. The van der Waals surface area contributed by atoms with Crippen LogP contribution in [0.2, 0.25) is 0 Å². The van der Waals surface area contributed by atoms with Crippen molar-refractivity contribution in [2.75, 3.05) is 6.61 Å². The summed E-state index contributed by atoms with van der Waals surface area (Å²) >= 11 is 0. The van der Waals surface area contributed by atoms with Crippen molar-refractivity contribution in [3.63, 3.8) is 0 Å². The van der Waals surface area contributed by atoms with Crippen molar-refractivity contribution in [2.24, 2.45) is 5.16 Å². The number of rotatable bonds is 6. The van der Waals surface area contributed by atoms with E-state index in [-0.39, 0.29) is 17.9 Å². The molecule has 0 aliphatic heterocycles. The van der Waals surface area contributed by atoms with Crippen molar-refractivity contribution in [3.05, 3.63) is 71.3 Å². The number of hydrogen-bond acceptors (Lipinski definition) is 3. The molecule has 2 aromatic carbocycles. The van der Waals surface area contributed by atoms with E-state index in [2.05, 4.69) is 43.4 Å². The second kappa shape index (κ2) is 8.29. The minimum atomic E-state index is -0.195. The molecule has 2 aromatic rings. The molecule has 0 heterocycles. The van der Waals surface area contributed by atoms with Crippen LogP contribution in [0.4, 0.5) is 0 Å². The first kappa shape index (κ1) is 17.7. The second-order valence-corrected chi connectivity index (χ2v) is 6.64. The summed E-state index contributed by atoms with van der Waals surface area (Å²) in [5.41, 5.74) is 3.38. The molecule has 4 heteroatoms. The Morgan fingerprint density at radius 1 is 1.08 bits per heavy atom. The quantitative estimate of drug-likeness (QED) is 0.651. The van der Waals surface area contributed by atoms with Crippen molar-refractivity contribution in [1.82, 2.24) is 5.32 Å². The summed E-state index contributed by atoms with van der Waals surface area (Å²) in [5.74, 6) is -0.195. The molecule has 0 radical (unpaired) electrons. The number of nitrogens with zero attached hydrogens (tertiary/aromatic N) is 1. The molecule has 0 bridgehead atoms. The number of carbonyl (C=O) groups is 1. The number of hydrogen-bond donors (Lipinski definition) is 1. The van der Waals surface area contributed by atoms with Crippen LogP contribution < -0.4 is 5.32 Å². The molecule has 0 aromatic heterocycles. The Bertz CT molecular complexity index is 671. The van der Waals surface area contributed by atoms with Gasteiger partial charge in [-0.15, -0.1) is 0 Å². The van der Waals surface area contributed by atoms with E-state index in [0.29, 0.717) is 6.54 Å². The van der Waals surface area contributed by atoms with Gasteiger partial charge in [0.15, 0.2) is 6.61 Å². The lowest BCUT2D eigenvalue weighted by Crippen LogP contribution is -2.26. The fourth-order valence-electron chi connectivity index (χ4n) is 2.11. The van der Waals surface area contributed by atoms with E-state index in [4.69, 9.17) is 4.84 Å². The molecule has 0 fully saturated rings. The predicted octanol–water partition coefficient (Wildman–Crippen LogP) is 3.65. The molecule has 0 aliphatic carbocycles. The zero-order chi connectivity index (χ0) is 17.4. The van der Waals surface area contributed by atoms with Crippen molar-refractivity contribution in [2.45, 2.75) is 32.7 Å². The summed E-state index contributed by atoms with van der Waals surface area (Å²) < 4.78 is 0. The first-order valence-corrected chi connectivity index (χ1v) is 8.01. The van der Waals surface area contributed by atoms with Crippen LogP contribution in [0.5, 0.6) is 0 Å². The molecule has 2 rings (SSSR count). The second-order valence-electron chi connectivity index (χ2n) is 6.64. The van der Waals surface area contributed by atoms with E-state index in [1.54, 1.807) is 6.21 Å². The van der Waals surface area contributed by atoms with Gasteiger partial charge in [-0.1, -0.05) is 80.5 Å². The van der Waals surface area contributed by atoms with Gasteiger partial charge >= 0.3 is 0 Å². The maximum absolute atomic E-state index is 11.7. The largest absolute Gasteiger partial charge is 0.386 e. The van der Waals surface area contributed by atoms with Gasteiger partial charge in [0.25, 0.3) is 5.91 Å². The highest BCUT2D eigenvalue weighted by atomic mass is 16.6. The van der Waals surface area contributed by atoms with Gasteiger partial charge < -0.3 is 10.2 Å². The lowest BCUT2D eigenvalue weighted by molar-refractivity contribution is -0.125. The van der Waals surface area contributed by atoms with Crippen LogP contribution in [0.1, 0.15) is 37.5 Å². The minimum Gasteiger partial charge on any atom is -0.386 e. The van der Waals surface area contributed by atoms with E-state index in [1.165, 1.54) is 5.56 Å². The number of benzene rings is 2. The Labute approximate surface area is 143 Å². The highest BCUT2D eigenvalue weighted by molar-refractivity contribution is 5.79. The Kier molecular flexibility index (Phi) is 6.13. The number of oxime groups is 1. The van der Waals surface area contributed by atoms with Gasteiger partial charge in [0.2, 0.25) is 0 Å². The average molecular weight is 324 g/mol. The van der Waals surface area contributed by atoms with Gasteiger partial charge in [0.1, 0.15) is 0 Å². The molecule has 24 heavy (non-hydrogen) atoms. The van der Waals surface area contributed by atoms with Crippen LogP contribution in [0.25, 0.3) is 0 Å². The lowest BCUT2D eigenvalue weighted by Gasteiger charge is -2.18. The molecule has 126 valence electrons. The van der Waals surface area contributed by atoms with Crippen LogP contribution in [-0.4, -0.2) is 18.7 Å². The third-order valence-electron chi connectivity index (χ3n) is 3.58. The van der Waals surface area contributed by atoms with Crippen LogP contribution in [-0.2, 0) is 21.6 Å². The van der Waals surface area contributed by atoms with Gasteiger partial charge in [-0.3, -0.25) is 4.79 Å². The molecule has 1 N–H and O–H groups in total. The monoisotopic (exact) mass is 324 g/mol. The minimum absolute atomic E-state index is 0.0938. The van der Waals surface area contributed by atoms with E-state index in [1.807, 2.05) is 42.5 Å². The van der Waals surface area contributed by atoms with Crippen LogP contribution in [0, 0.1) is 0 Å². The van der Waals surface area contributed by atoms with Crippen LogP contribution >= 0.6 is 0 Å². The van der Waals surface area contributed by atoms with Gasteiger partial charge in [-0.25, -0.2) is 0 Å². The predicted molar refractivity (Wildman–Crippen MR) is 97.0 cm³/mol. The molecule has 0 unspecified atom stereocenters. The summed E-state index contributed by atoms with van der Waals surface area (Å²) in [4.78, 5) is 16.7. The Hall–Kier alpha value is -2.62. The summed E-state index contributed by atoms with van der Waals surface area (Å²) in [6.07, 6.45) is 1.61. The van der Waals surface area contributed by atoms with Crippen LogP contribution in [0.15, 0.2) is 59.8 Å². The third-order valence-corrected chi connectivity index (χ3v) is 3.58. The SMILES string of the molecule is CC(C)(C)c1ccc(/C=N/OCC(=O)NCc2ccccc2)cc1. The van der Waals surface area contributed by atoms with Gasteiger partial charge in [-0.2, -0.15) is 0 Å². The summed E-state index contributed by atoms with van der Waals surface area (Å²) in [7, 11) is 0. The molecular formula is C20H24N2O2. The van der Waals surface area contributed by atoms with Crippen molar-refractivity contribution in [1.29, 1.82) is 0 Å². The number of carbonyl (C=O) groups excluding carboxylic acids is 1. The first-order valence-electron chi connectivity index (χ1n) is 8.01. The van der Waals surface area contributed by atoms with Gasteiger partial charge in [0.05, 0.1) is 6.21 Å². The summed E-state index contributed by atoms with van der Waals surface area (Å²) in [5, 5.41) is 6.63. The van der Waals surface area contributed by atoms with Gasteiger partial charge in [-0.05, 0) is 22.1 Å². The third kappa shape index (κ3) is 5.88. The fourth-order valence-corrected chi connectivity index (χ4v) is 2.11. The average Bonchev–Trinajstić information content (AvgIpc) is 2.57. The van der Waals surface area contributed by atoms with E-state index in [9.17, 15) is 4.79 Å². The van der Waals surface area contributed by atoms with E-state index in [0.717, 1.165) is 11.1 Å². The first-order chi connectivity index (χ1) is 11.4. The normalized spacial score (nSPS) is 11.5. The van der Waals surface area contributed by atoms with E-state index < -0.39 is 0 Å². The maximum Gasteiger partial charge on any atom is 0.261 e. The Morgan fingerprint density at radius 2 is 1.75 bits per heavy atom. The highest BCUT2D eigenvalue weighted by Gasteiger charge is 2.12. The van der Waals surface area contributed by atoms with E-state index >= 15 is 0 Å². The molecule has 1 amide bonds. The highest BCUT2D eigenvalue weighted by Crippen LogP contribution is 2.21. The molecule has 4 nitrogen and oxygen atoms in total. The topological polar surface area (TPSA) is 50.7 Å². The number of nitrogens with one attached hydrogen (secondary N) is 1. The lowest BCUT2D eigenvalue weighted by atomic mass is 9.87. The fraction of sp³-hybridized carbons (Fsp3) is 0.300. The molecule has 0 saturated carbocycles. The van der Waals surface area contributed by atoms with Crippen molar-refractivity contribution < 1.29 is 9.63 Å². The molecular weight excluding hydrogens is 300 g/mol. The number of amides is 1. The maximum atomic E-state index is 11.7. The van der Waals surface area contributed by atoms with Crippen LogP contribution in [0.3, 0.4) is 0 Å². The molecule has 0 atom stereocenters. The Morgan fingerprint density at radius 3 is 2.38 bits per heavy atom. The molecule has 0 saturated heterocycles. The summed E-state index contributed by atoms with van der Waals surface area (Å²) in [6.45, 7) is 6.91. The zero-order valence-corrected chi connectivity index (χ0v) is 14.5. The molecule has 0 spiro atoms. The smallest absolute Gasteiger partial charge is 0.261 e. The Balaban J connectivity index is 1.73.